The van der Waals surface area contributed by atoms with Gasteiger partial charge in [0.1, 0.15) is 11.4 Å². The fourth-order valence-electron chi connectivity index (χ4n) is 4.51. The molecule has 0 bridgehead atoms. The molecule has 0 radical (unpaired) electrons. The number of anilines is 1. The average molecular weight is 432 g/mol. The number of piperazine rings is 1. The highest BCUT2D eigenvalue weighted by Crippen LogP contribution is 2.29. The normalized spacial score (nSPS) is 14.0. The molecule has 3 aromatic rings. The van der Waals surface area contributed by atoms with Crippen LogP contribution in [0.5, 0.6) is 5.75 Å². The number of nitrogens with zero attached hydrogens (tertiary/aromatic N) is 3. The van der Waals surface area contributed by atoms with E-state index in [0.717, 1.165) is 41.5 Å². The number of aromatic nitrogens is 1. The Morgan fingerprint density at radius 1 is 0.938 bits per heavy atom. The highest BCUT2D eigenvalue weighted by molar-refractivity contribution is 5.94. The number of aryl methyl sites for hydroxylation is 3. The first-order chi connectivity index (χ1) is 15.5. The quantitative estimate of drug-likeness (QED) is 0.561. The van der Waals surface area contributed by atoms with Gasteiger partial charge in [-0.15, -0.1) is 0 Å². The van der Waals surface area contributed by atoms with E-state index in [4.69, 9.17) is 4.74 Å². The zero-order valence-corrected chi connectivity index (χ0v) is 19.6. The lowest BCUT2D eigenvalue weighted by Gasteiger charge is -2.37. The first-order valence-electron chi connectivity index (χ1n) is 11.5. The summed E-state index contributed by atoms with van der Waals surface area (Å²) in [4.78, 5) is 17.9. The fraction of sp³-hybridized carbons (Fsp3) is 0.370. The van der Waals surface area contributed by atoms with E-state index in [1.807, 2.05) is 36.9 Å². The number of benzene rings is 2. The second-order valence-electron chi connectivity index (χ2n) is 8.57. The van der Waals surface area contributed by atoms with Crippen molar-refractivity contribution in [2.75, 3.05) is 37.7 Å². The Hall–Kier alpha value is -3.21. The summed E-state index contributed by atoms with van der Waals surface area (Å²) in [5, 5.41) is 0. The van der Waals surface area contributed by atoms with E-state index >= 15 is 0 Å². The summed E-state index contributed by atoms with van der Waals surface area (Å²) in [6.07, 6.45) is 0. The van der Waals surface area contributed by atoms with Crippen LogP contribution in [0.3, 0.4) is 0 Å². The van der Waals surface area contributed by atoms with E-state index in [0.29, 0.717) is 26.2 Å². The number of ether oxygens (including phenoxy) is 1. The standard InChI is InChI=1S/C27H33N3O2/c1-5-32-25-9-7-6-8-24(25)28-14-16-29(17-15-28)27(31)26-21(3)18-22(4)30(26)19-23-12-10-20(2)11-13-23/h6-13,18H,5,14-17,19H2,1-4H3. The molecule has 0 aliphatic carbocycles. The summed E-state index contributed by atoms with van der Waals surface area (Å²) in [6, 6.07) is 18.8. The first kappa shape index (κ1) is 22.0. The van der Waals surface area contributed by atoms with E-state index in [9.17, 15) is 4.79 Å². The third kappa shape index (κ3) is 4.52. The third-order valence-electron chi connectivity index (χ3n) is 6.23. The van der Waals surface area contributed by atoms with E-state index in [1.165, 1.54) is 11.1 Å². The van der Waals surface area contributed by atoms with Gasteiger partial charge in [0.15, 0.2) is 0 Å². The van der Waals surface area contributed by atoms with E-state index in [-0.39, 0.29) is 5.91 Å². The summed E-state index contributed by atoms with van der Waals surface area (Å²) in [6.45, 7) is 12.6. The van der Waals surface area contributed by atoms with Crippen LogP contribution < -0.4 is 9.64 Å². The number of hydrogen-bond donors (Lipinski definition) is 0. The van der Waals surface area contributed by atoms with Gasteiger partial charge in [-0.05, 0) is 57.0 Å². The second kappa shape index (κ2) is 9.51. The van der Waals surface area contributed by atoms with Crippen molar-refractivity contribution in [1.29, 1.82) is 0 Å². The van der Waals surface area contributed by atoms with E-state index in [2.05, 4.69) is 59.7 Å². The van der Waals surface area contributed by atoms with Crippen molar-refractivity contribution >= 4 is 11.6 Å². The molecule has 5 nitrogen and oxygen atoms in total. The van der Waals surface area contributed by atoms with E-state index < -0.39 is 0 Å². The predicted molar refractivity (Wildman–Crippen MR) is 130 cm³/mol. The number of carbonyl (C=O) groups excluding carboxylic acids is 1. The number of para-hydroxylation sites is 2. The third-order valence-corrected chi connectivity index (χ3v) is 6.23. The molecule has 1 saturated heterocycles. The predicted octanol–water partition coefficient (Wildman–Crippen LogP) is 4.82. The molecule has 0 N–H and O–H groups in total. The molecule has 5 heteroatoms. The minimum atomic E-state index is 0.125. The molecule has 1 aromatic heterocycles. The van der Waals surface area contributed by atoms with Crippen molar-refractivity contribution in [1.82, 2.24) is 9.47 Å². The Bertz CT molecular complexity index is 1080. The Morgan fingerprint density at radius 3 is 2.31 bits per heavy atom. The summed E-state index contributed by atoms with van der Waals surface area (Å²) < 4.78 is 7.97. The molecule has 0 atom stereocenters. The Kier molecular flexibility index (Phi) is 6.54. The highest BCUT2D eigenvalue weighted by atomic mass is 16.5. The molecule has 1 aliphatic heterocycles. The van der Waals surface area contributed by atoms with Gasteiger partial charge in [0, 0.05) is 38.4 Å². The van der Waals surface area contributed by atoms with Gasteiger partial charge in [-0.25, -0.2) is 0 Å². The number of amides is 1. The van der Waals surface area contributed by atoms with Crippen LogP contribution in [-0.4, -0.2) is 48.2 Å². The summed E-state index contributed by atoms with van der Waals surface area (Å²) in [7, 11) is 0. The number of hydrogen-bond acceptors (Lipinski definition) is 3. The molecule has 1 aliphatic rings. The lowest BCUT2D eigenvalue weighted by molar-refractivity contribution is 0.0735. The molecular weight excluding hydrogens is 398 g/mol. The molecule has 168 valence electrons. The van der Waals surface area contributed by atoms with Gasteiger partial charge < -0.3 is 19.1 Å². The van der Waals surface area contributed by atoms with Crippen LogP contribution in [0.25, 0.3) is 0 Å². The molecule has 32 heavy (non-hydrogen) atoms. The lowest BCUT2D eigenvalue weighted by Crippen LogP contribution is -2.49. The van der Waals surface area contributed by atoms with Gasteiger partial charge in [0.25, 0.3) is 5.91 Å². The fourth-order valence-corrected chi connectivity index (χ4v) is 4.51. The zero-order chi connectivity index (χ0) is 22.7. The maximum atomic E-state index is 13.6. The monoisotopic (exact) mass is 431 g/mol. The topological polar surface area (TPSA) is 37.7 Å². The van der Waals surface area contributed by atoms with Crippen LogP contribution in [0.15, 0.2) is 54.6 Å². The summed E-state index contributed by atoms with van der Waals surface area (Å²) in [5.74, 6) is 1.04. The highest BCUT2D eigenvalue weighted by Gasteiger charge is 2.27. The van der Waals surface area contributed by atoms with Gasteiger partial charge >= 0.3 is 0 Å². The lowest BCUT2D eigenvalue weighted by atomic mass is 10.1. The van der Waals surface area contributed by atoms with Crippen molar-refractivity contribution in [2.24, 2.45) is 0 Å². The van der Waals surface area contributed by atoms with Gasteiger partial charge in [-0.3, -0.25) is 4.79 Å². The van der Waals surface area contributed by atoms with Crippen LogP contribution in [-0.2, 0) is 6.54 Å². The molecule has 0 unspecified atom stereocenters. The van der Waals surface area contributed by atoms with Crippen LogP contribution in [0.1, 0.15) is 39.8 Å². The van der Waals surface area contributed by atoms with Gasteiger partial charge in [0.2, 0.25) is 0 Å². The van der Waals surface area contributed by atoms with Crippen molar-refractivity contribution in [3.63, 3.8) is 0 Å². The Labute approximate surface area is 191 Å². The SMILES string of the molecule is CCOc1ccccc1N1CCN(C(=O)c2c(C)cc(C)n2Cc2ccc(C)cc2)CC1. The maximum Gasteiger partial charge on any atom is 0.270 e. The molecule has 0 saturated carbocycles. The van der Waals surface area contributed by atoms with Crippen LogP contribution in [0.2, 0.25) is 0 Å². The van der Waals surface area contributed by atoms with Crippen LogP contribution >= 0.6 is 0 Å². The van der Waals surface area contributed by atoms with Crippen molar-refractivity contribution in [3.8, 4) is 5.75 Å². The van der Waals surface area contributed by atoms with E-state index in [1.54, 1.807) is 0 Å². The zero-order valence-electron chi connectivity index (χ0n) is 19.6. The first-order valence-corrected chi connectivity index (χ1v) is 11.5. The molecule has 2 aromatic carbocycles. The van der Waals surface area contributed by atoms with Gasteiger partial charge in [0.05, 0.1) is 12.3 Å². The molecule has 2 heterocycles. The van der Waals surface area contributed by atoms with Crippen molar-refractivity contribution < 1.29 is 9.53 Å². The Balaban J connectivity index is 1.50. The molecule has 1 fully saturated rings. The van der Waals surface area contributed by atoms with Gasteiger partial charge in [-0.2, -0.15) is 0 Å². The minimum absolute atomic E-state index is 0.125. The number of rotatable bonds is 6. The average Bonchev–Trinajstić information content (AvgIpc) is 3.08. The summed E-state index contributed by atoms with van der Waals surface area (Å²) >= 11 is 0. The largest absolute Gasteiger partial charge is 0.492 e. The number of carbonyl (C=O) groups is 1. The summed E-state index contributed by atoms with van der Waals surface area (Å²) in [5.41, 5.74) is 6.54. The van der Waals surface area contributed by atoms with Crippen molar-refractivity contribution in [2.45, 2.75) is 34.2 Å². The second-order valence-corrected chi connectivity index (χ2v) is 8.57. The molecule has 1 amide bonds. The minimum Gasteiger partial charge on any atom is -0.492 e. The smallest absolute Gasteiger partial charge is 0.270 e. The van der Waals surface area contributed by atoms with Crippen molar-refractivity contribution in [3.05, 3.63) is 82.7 Å². The maximum absolute atomic E-state index is 13.6. The molecule has 4 rings (SSSR count). The van der Waals surface area contributed by atoms with Crippen LogP contribution in [0.4, 0.5) is 5.69 Å². The molecule has 0 spiro atoms. The van der Waals surface area contributed by atoms with Gasteiger partial charge in [-0.1, -0.05) is 42.0 Å². The van der Waals surface area contributed by atoms with Crippen LogP contribution in [0, 0.1) is 20.8 Å². The Morgan fingerprint density at radius 2 is 1.62 bits per heavy atom. The molecular formula is C27H33N3O2.